The Balaban J connectivity index is 3.54. The summed E-state index contributed by atoms with van der Waals surface area (Å²) in [5, 5.41) is 0. The van der Waals surface area contributed by atoms with Crippen LogP contribution < -0.4 is 5.73 Å². The van der Waals surface area contributed by atoms with E-state index in [0.717, 1.165) is 10.4 Å². The van der Waals surface area contributed by atoms with E-state index in [2.05, 4.69) is 5.92 Å². The first-order valence-electron chi connectivity index (χ1n) is 5.76. The van der Waals surface area contributed by atoms with E-state index < -0.39 is 15.8 Å². The summed E-state index contributed by atoms with van der Waals surface area (Å²) in [6.45, 7) is 4.91. The third kappa shape index (κ3) is 2.72. The van der Waals surface area contributed by atoms with Crippen molar-refractivity contribution in [1.82, 2.24) is 4.31 Å². The Labute approximate surface area is 113 Å². The van der Waals surface area contributed by atoms with E-state index in [9.17, 15) is 12.8 Å². The number of halogens is 1. The molecule has 0 aliphatic carbocycles. The van der Waals surface area contributed by atoms with Crippen molar-refractivity contribution in [2.75, 3.05) is 18.8 Å². The van der Waals surface area contributed by atoms with E-state index in [4.69, 9.17) is 12.2 Å². The number of nitrogens with two attached hydrogens (primary N) is 1. The Kier molecular flexibility index (Phi) is 4.56. The van der Waals surface area contributed by atoms with Crippen LogP contribution in [-0.4, -0.2) is 25.8 Å². The summed E-state index contributed by atoms with van der Waals surface area (Å²) in [6, 6.07) is 1.12. The number of hydrogen-bond acceptors (Lipinski definition) is 3. The minimum Gasteiger partial charge on any atom is -0.396 e. The zero-order valence-corrected chi connectivity index (χ0v) is 12.0. The van der Waals surface area contributed by atoms with Gasteiger partial charge in [-0.05, 0) is 31.0 Å². The fraction of sp³-hybridized carbons (Fsp3) is 0.385. The molecular formula is C13H17FN2O2S. The molecule has 0 saturated heterocycles. The van der Waals surface area contributed by atoms with Crippen LogP contribution in [0.25, 0.3) is 0 Å². The lowest BCUT2D eigenvalue weighted by Crippen LogP contribution is -2.32. The zero-order chi connectivity index (χ0) is 14.8. The van der Waals surface area contributed by atoms with Crippen molar-refractivity contribution in [2.24, 2.45) is 0 Å². The predicted octanol–water partition coefficient (Wildman–Crippen LogP) is 1.67. The van der Waals surface area contributed by atoms with Crippen LogP contribution >= 0.6 is 0 Å². The van der Waals surface area contributed by atoms with E-state index >= 15 is 0 Å². The lowest BCUT2D eigenvalue weighted by atomic mass is 10.1. The van der Waals surface area contributed by atoms with Crippen molar-refractivity contribution >= 4 is 15.7 Å². The number of aryl methyl sites for hydroxylation is 1. The molecule has 1 aromatic rings. The molecule has 4 nitrogen and oxygen atoms in total. The molecule has 0 bridgehead atoms. The summed E-state index contributed by atoms with van der Waals surface area (Å²) in [6.07, 6.45) is 5.17. The van der Waals surface area contributed by atoms with Gasteiger partial charge < -0.3 is 5.73 Å². The van der Waals surface area contributed by atoms with Crippen LogP contribution in [0.5, 0.6) is 0 Å². The molecule has 0 aliphatic heterocycles. The minimum atomic E-state index is -3.77. The van der Waals surface area contributed by atoms with Gasteiger partial charge in [0.15, 0.2) is 0 Å². The Bertz CT molecular complexity index is 633. The second-order valence-electron chi connectivity index (χ2n) is 4.18. The van der Waals surface area contributed by atoms with Gasteiger partial charge in [0.2, 0.25) is 10.0 Å². The fourth-order valence-electron chi connectivity index (χ4n) is 1.93. The van der Waals surface area contributed by atoms with Gasteiger partial charge in [-0.3, -0.25) is 0 Å². The number of benzene rings is 1. The molecule has 2 N–H and O–H groups in total. The van der Waals surface area contributed by atoms with Crippen molar-refractivity contribution in [1.29, 1.82) is 0 Å². The van der Waals surface area contributed by atoms with Gasteiger partial charge in [0.05, 0.1) is 17.1 Å². The number of nitrogens with zero attached hydrogens (tertiary/aromatic N) is 1. The normalized spacial score (nSPS) is 11.6. The van der Waals surface area contributed by atoms with Gasteiger partial charge in [0, 0.05) is 6.54 Å². The molecule has 1 aromatic carbocycles. The summed E-state index contributed by atoms with van der Waals surface area (Å²) >= 11 is 0. The number of rotatable bonds is 4. The Morgan fingerprint density at radius 2 is 2.05 bits per heavy atom. The highest BCUT2D eigenvalue weighted by atomic mass is 32.2. The van der Waals surface area contributed by atoms with Crippen LogP contribution in [0, 0.1) is 32.0 Å². The van der Waals surface area contributed by atoms with Gasteiger partial charge in [-0.2, -0.15) is 4.31 Å². The molecule has 0 fully saturated rings. The van der Waals surface area contributed by atoms with Gasteiger partial charge >= 0.3 is 0 Å². The Morgan fingerprint density at radius 3 is 2.53 bits per heavy atom. The average molecular weight is 284 g/mol. The monoisotopic (exact) mass is 284 g/mol. The molecule has 6 heteroatoms. The molecule has 0 aromatic heterocycles. The molecule has 104 valence electrons. The molecule has 0 amide bonds. The van der Waals surface area contributed by atoms with Crippen molar-refractivity contribution < 1.29 is 12.8 Å². The first-order chi connectivity index (χ1) is 8.77. The maximum atomic E-state index is 13.5. The summed E-state index contributed by atoms with van der Waals surface area (Å²) in [4.78, 5) is 0.0310. The molecule has 0 spiro atoms. The van der Waals surface area contributed by atoms with Crippen molar-refractivity contribution in [3.8, 4) is 12.3 Å². The maximum absolute atomic E-state index is 13.5. The third-order valence-electron chi connectivity index (χ3n) is 2.92. The quantitative estimate of drug-likeness (QED) is 0.675. The number of terminal acetylenes is 1. The lowest BCUT2D eigenvalue weighted by Gasteiger charge is -2.21. The van der Waals surface area contributed by atoms with Crippen molar-refractivity contribution in [3.05, 3.63) is 23.0 Å². The molecule has 0 heterocycles. The summed E-state index contributed by atoms with van der Waals surface area (Å²) in [5.41, 5.74) is 5.95. The first-order valence-corrected chi connectivity index (χ1v) is 7.20. The number of anilines is 1. The average Bonchev–Trinajstić information content (AvgIpc) is 2.32. The zero-order valence-electron chi connectivity index (χ0n) is 11.2. The molecule has 0 atom stereocenters. The maximum Gasteiger partial charge on any atom is 0.244 e. The van der Waals surface area contributed by atoms with Crippen LogP contribution in [0.4, 0.5) is 10.1 Å². The summed E-state index contributed by atoms with van der Waals surface area (Å²) < 4.78 is 39.6. The summed E-state index contributed by atoms with van der Waals surface area (Å²) in [7, 11) is -3.77. The molecule has 0 radical (unpaired) electrons. The number of nitrogen functional groups attached to an aromatic ring is 1. The number of hydrogen-bond donors (Lipinski definition) is 1. The summed E-state index contributed by atoms with van der Waals surface area (Å²) in [5.74, 6) is 1.68. The highest BCUT2D eigenvalue weighted by Gasteiger charge is 2.28. The molecule has 19 heavy (non-hydrogen) atoms. The molecule has 0 unspecified atom stereocenters. The molecule has 1 rings (SSSR count). The smallest absolute Gasteiger partial charge is 0.244 e. The topological polar surface area (TPSA) is 63.4 Å². The van der Waals surface area contributed by atoms with Gasteiger partial charge in [0.1, 0.15) is 5.82 Å². The molecule has 0 saturated carbocycles. The van der Waals surface area contributed by atoms with Crippen molar-refractivity contribution in [3.63, 3.8) is 0 Å². The number of sulfonamides is 1. The Hall–Kier alpha value is -1.58. The van der Waals surface area contributed by atoms with E-state index in [1.165, 1.54) is 13.8 Å². The minimum absolute atomic E-state index is 0.0310. The molecular weight excluding hydrogens is 267 g/mol. The van der Waals surface area contributed by atoms with E-state index in [1.807, 2.05) is 0 Å². The van der Waals surface area contributed by atoms with Gasteiger partial charge in [0.25, 0.3) is 0 Å². The first kappa shape index (κ1) is 15.5. The predicted molar refractivity (Wildman–Crippen MR) is 73.6 cm³/mol. The molecule has 0 aliphatic rings. The van der Waals surface area contributed by atoms with Crippen LogP contribution in [-0.2, 0) is 10.0 Å². The second kappa shape index (κ2) is 5.59. The Morgan fingerprint density at radius 1 is 1.47 bits per heavy atom. The fourth-order valence-corrected chi connectivity index (χ4v) is 3.73. The largest absolute Gasteiger partial charge is 0.396 e. The van der Waals surface area contributed by atoms with Crippen LogP contribution in [0.1, 0.15) is 18.1 Å². The van der Waals surface area contributed by atoms with E-state index in [-0.39, 0.29) is 29.2 Å². The van der Waals surface area contributed by atoms with Gasteiger partial charge in [-0.1, -0.05) is 12.8 Å². The van der Waals surface area contributed by atoms with Gasteiger partial charge in [-0.25, -0.2) is 12.8 Å². The SMILES string of the molecule is C#CCN(CC)S(=O)(=O)c1c(C)cc(F)c(N)c1C. The van der Waals surface area contributed by atoms with Crippen LogP contribution in [0.2, 0.25) is 0 Å². The van der Waals surface area contributed by atoms with E-state index in [0.29, 0.717) is 5.56 Å². The van der Waals surface area contributed by atoms with Crippen LogP contribution in [0.3, 0.4) is 0 Å². The van der Waals surface area contributed by atoms with Crippen LogP contribution in [0.15, 0.2) is 11.0 Å². The third-order valence-corrected chi connectivity index (χ3v) is 5.13. The highest BCUT2D eigenvalue weighted by molar-refractivity contribution is 7.89. The van der Waals surface area contributed by atoms with Crippen molar-refractivity contribution in [2.45, 2.75) is 25.7 Å². The standard InChI is InChI=1S/C13H17FN2O2S/c1-5-7-16(6-2)19(17,18)13-9(3)8-11(14)12(15)10(13)4/h1,8H,6-7,15H2,2-4H3. The lowest BCUT2D eigenvalue weighted by molar-refractivity contribution is 0.463. The van der Waals surface area contributed by atoms with Gasteiger partial charge in [-0.15, -0.1) is 6.42 Å². The van der Waals surface area contributed by atoms with E-state index in [1.54, 1.807) is 6.92 Å². The highest BCUT2D eigenvalue weighted by Crippen LogP contribution is 2.29. The second-order valence-corrected chi connectivity index (χ2v) is 6.05.